The molecule has 0 aliphatic carbocycles. The molecule has 0 bridgehead atoms. The summed E-state index contributed by atoms with van der Waals surface area (Å²) >= 11 is 0. The monoisotopic (exact) mass is 263 g/mol. The number of nitrogens with one attached hydrogen (secondary N) is 1. The summed E-state index contributed by atoms with van der Waals surface area (Å²) in [6.07, 6.45) is 3.61. The molecule has 1 fully saturated rings. The van der Waals surface area contributed by atoms with Crippen LogP contribution in [0.1, 0.15) is 39.5 Å². The molecule has 5 heteroatoms. The zero-order valence-corrected chi connectivity index (χ0v) is 11.8. The van der Waals surface area contributed by atoms with Crippen molar-refractivity contribution in [1.29, 1.82) is 0 Å². The fraction of sp³-hybridized carbons (Fsp3) is 1.00. The molecule has 1 rings (SSSR count). The summed E-state index contributed by atoms with van der Waals surface area (Å²) in [5.41, 5.74) is 0. The van der Waals surface area contributed by atoms with Crippen molar-refractivity contribution in [3.05, 3.63) is 0 Å². The number of hydrogen-bond acceptors (Lipinski definition) is 4. The zero-order valence-electron chi connectivity index (χ0n) is 10.9. The number of sulfone groups is 1. The van der Waals surface area contributed by atoms with Crippen LogP contribution < -0.4 is 5.32 Å². The second kappa shape index (κ2) is 7.34. The van der Waals surface area contributed by atoms with Crippen molar-refractivity contribution in [3.8, 4) is 0 Å². The molecule has 4 nitrogen and oxygen atoms in total. The predicted octanol–water partition coefficient (Wildman–Crippen LogP) is 1.36. The molecule has 1 aliphatic rings. The van der Waals surface area contributed by atoms with Gasteiger partial charge in [-0.1, -0.05) is 13.3 Å². The van der Waals surface area contributed by atoms with Crippen molar-refractivity contribution in [3.63, 3.8) is 0 Å². The second-order valence-corrected chi connectivity index (χ2v) is 6.96. The minimum Gasteiger partial charge on any atom is -0.380 e. The van der Waals surface area contributed by atoms with Crippen LogP contribution >= 0.6 is 0 Å². The van der Waals surface area contributed by atoms with Gasteiger partial charge in [-0.2, -0.15) is 0 Å². The second-order valence-electron chi connectivity index (χ2n) is 4.62. The highest BCUT2D eigenvalue weighted by molar-refractivity contribution is 7.92. The average molecular weight is 263 g/mol. The summed E-state index contributed by atoms with van der Waals surface area (Å²) in [6.45, 7) is 6.01. The lowest BCUT2D eigenvalue weighted by Gasteiger charge is -2.30. The summed E-state index contributed by atoms with van der Waals surface area (Å²) in [5.74, 6) is 0.341. The zero-order chi connectivity index (χ0) is 12.7. The van der Waals surface area contributed by atoms with Crippen molar-refractivity contribution in [2.24, 2.45) is 0 Å². The van der Waals surface area contributed by atoms with Gasteiger partial charge in [0.2, 0.25) is 0 Å². The van der Waals surface area contributed by atoms with Gasteiger partial charge in [-0.15, -0.1) is 0 Å². The Bertz CT molecular complexity index is 295. The Morgan fingerprint density at radius 3 is 2.71 bits per heavy atom. The topological polar surface area (TPSA) is 55.4 Å². The van der Waals surface area contributed by atoms with E-state index < -0.39 is 9.84 Å². The standard InChI is InChI=1S/C12H25NO3S/c1-3-8-13-11(10-16-4-2)12-7-5-6-9-17(12,14)15/h11-13H,3-10H2,1-2H3. The van der Waals surface area contributed by atoms with Gasteiger partial charge in [0.05, 0.1) is 17.6 Å². The maximum Gasteiger partial charge on any atom is 0.154 e. The van der Waals surface area contributed by atoms with Crippen molar-refractivity contribution in [2.75, 3.05) is 25.5 Å². The summed E-state index contributed by atoms with van der Waals surface area (Å²) in [6, 6.07) is -0.0415. The van der Waals surface area contributed by atoms with Crippen LogP contribution in [-0.2, 0) is 14.6 Å². The van der Waals surface area contributed by atoms with Gasteiger partial charge in [0.1, 0.15) is 0 Å². The molecule has 1 heterocycles. The van der Waals surface area contributed by atoms with E-state index in [9.17, 15) is 8.42 Å². The molecule has 17 heavy (non-hydrogen) atoms. The van der Waals surface area contributed by atoms with Crippen LogP contribution in [-0.4, -0.2) is 45.2 Å². The van der Waals surface area contributed by atoms with Crippen LogP contribution in [0.25, 0.3) is 0 Å². The smallest absolute Gasteiger partial charge is 0.154 e. The van der Waals surface area contributed by atoms with Gasteiger partial charge < -0.3 is 10.1 Å². The number of rotatable bonds is 7. The molecule has 0 aromatic rings. The predicted molar refractivity (Wildman–Crippen MR) is 70.0 cm³/mol. The van der Waals surface area contributed by atoms with Crippen LogP contribution in [0.4, 0.5) is 0 Å². The third-order valence-corrected chi connectivity index (χ3v) is 5.58. The van der Waals surface area contributed by atoms with Crippen molar-refractivity contribution in [2.45, 2.75) is 50.8 Å². The minimum atomic E-state index is -2.93. The third-order valence-electron chi connectivity index (χ3n) is 3.24. The first-order valence-electron chi connectivity index (χ1n) is 6.64. The summed E-state index contributed by atoms with van der Waals surface area (Å²) in [5, 5.41) is 3.07. The Labute approximate surface area is 105 Å². The Morgan fingerprint density at radius 1 is 1.35 bits per heavy atom. The SMILES string of the molecule is CCCNC(COCC)C1CCCCS1(=O)=O. The highest BCUT2D eigenvalue weighted by Gasteiger charge is 2.35. The van der Waals surface area contributed by atoms with E-state index in [-0.39, 0.29) is 11.3 Å². The third kappa shape index (κ3) is 4.56. The van der Waals surface area contributed by atoms with Gasteiger partial charge in [-0.05, 0) is 32.7 Å². The van der Waals surface area contributed by atoms with E-state index >= 15 is 0 Å². The van der Waals surface area contributed by atoms with Crippen LogP contribution in [0.5, 0.6) is 0 Å². The van der Waals surface area contributed by atoms with Crippen LogP contribution in [0.15, 0.2) is 0 Å². The van der Waals surface area contributed by atoms with Crippen LogP contribution in [0.2, 0.25) is 0 Å². The molecule has 2 unspecified atom stereocenters. The lowest BCUT2D eigenvalue weighted by Crippen LogP contribution is -2.49. The van der Waals surface area contributed by atoms with E-state index in [0.29, 0.717) is 19.0 Å². The van der Waals surface area contributed by atoms with Crippen molar-refractivity contribution in [1.82, 2.24) is 5.32 Å². The maximum absolute atomic E-state index is 12.1. The first-order chi connectivity index (χ1) is 8.11. The van der Waals surface area contributed by atoms with Gasteiger partial charge >= 0.3 is 0 Å². The van der Waals surface area contributed by atoms with E-state index in [4.69, 9.17) is 4.74 Å². The lowest BCUT2D eigenvalue weighted by atomic mass is 10.1. The van der Waals surface area contributed by atoms with Crippen LogP contribution in [0, 0.1) is 0 Å². The normalized spacial score (nSPS) is 25.6. The lowest BCUT2D eigenvalue weighted by molar-refractivity contribution is 0.119. The van der Waals surface area contributed by atoms with E-state index in [1.54, 1.807) is 0 Å². The molecule has 1 aliphatic heterocycles. The molecule has 0 amide bonds. The van der Waals surface area contributed by atoms with Gasteiger partial charge in [-0.3, -0.25) is 0 Å². The molecule has 0 radical (unpaired) electrons. The van der Waals surface area contributed by atoms with E-state index in [2.05, 4.69) is 12.2 Å². The molecule has 0 aromatic carbocycles. The van der Waals surface area contributed by atoms with E-state index in [1.165, 1.54) is 0 Å². The first-order valence-corrected chi connectivity index (χ1v) is 8.36. The van der Waals surface area contributed by atoms with E-state index in [0.717, 1.165) is 32.2 Å². The fourth-order valence-corrected chi connectivity index (χ4v) is 4.41. The van der Waals surface area contributed by atoms with Crippen molar-refractivity contribution >= 4 is 9.84 Å². The maximum atomic E-state index is 12.1. The van der Waals surface area contributed by atoms with Gasteiger partial charge in [0.15, 0.2) is 9.84 Å². The van der Waals surface area contributed by atoms with Crippen LogP contribution in [0.3, 0.4) is 0 Å². The molecule has 1 N–H and O–H groups in total. The Kier molecular flexibility index (Phi) is 6.44. The Morgan fingerprint density at radius 2 is 2.12 bits per heavy atom. The summed E-state index contributed by atoms with van der Waals surface area (Å²) in [7, 11) is -2.93. The molecular weight excluding hydrogens is 238 g/mol. The molecule has 0 aromatic heterocycles. The van der Waals surface area contributed by atoms with Crippen molar-refractivity contribution < 1.29 is 13.2 Å². The van der Waals surface area contributed by atoms with Gasteiger partial charge in [-0.25, -0.2) is 8.42 Å². The van der Waals surface area contributed by atoms with E-state index in [1.807, 2.05) is 6.92 Å². The number of ether oxygens (including phenoxy) is 1. The Balaban J connectivity index is 2.65. The quantitative estimate of drug-likeness (QED) is 0.753. The molecule has 0 saturated carbocycles. The first kappa shape index (κ1) is 14.9. The minimum absolute atomic E-state index is 0.0415. The summed E-state index contributed by atoms with van der Waals surface area (Å²) in [4.78, 5) is 0. The summed E-state index contributed by atoms with van der Waals surface area (Å²) < 4.78 is 29.5. The molecule has 2 atom stereocenters. The number of hydrogen-bond donors (Lipinski definition) is 1. The highest BCUT2D eigenvalue weighted by atomic mass is 32.2. The molecule has 102 valence electrons. The Hall–Kier alpha value is -0.130. The largest absolute Gasteiger partial charge is 0.380 e. The molecular formula is C12H25NO3S. The molecule has 1 saturated heterocycles. The van der Waals surface area contributed by atoms with Gasteiger partial charge in [0.25, 0.3) is 0 Å². The fourth-order valence-electron chi connectivity index (χ4n) is 2.30. The van der Waals surface area contributed by atoms with Gasteiger partial charge in [0, 0.05) is 12.6 Å². The molecule has 0 spiro atoms. The average Bonchev–Trinajstić information content (AvgIpc) is 2.30. The highest BCUT2D eigenvalue weighted by Crippen LogP contribution is 2.22.